The van der Waals surface area contributed by atoms with Crippen molar-refractivity contribution in [3.63, 3.8) is 0 Å². The zero-order valence-electron chi connectivity index (χ0n) is 19.1. The van der Waals surface area contributed by atoms with E-state index >= 15 is 0 Å². The molecule has 0 bridgehead atoms. The van der Waals surface area contributed by atoms with Gasteiger partial charge in [0.25, 0.3) is 5.56 Å². The summed E-state index contributed by atoms with van der Waals surface area (Å²) in [5.74, 6) is -0.894. The molecular weight excluding hydrogens is 463 g/mol. The second-order valence-electron chi connectivity index (χ2n) is 8.49. The Bertz CT molecular complexity index is 1160. The van der Waals surface area contributed by atoms with E-state index in [2.05, 4.69) is 10.5 Å². The van der Waals surface area contributed by atoms with E-state index in [9.17, 15) is 19.1 Å². The van der Waals surface area contributed by atoms with Crippen LogP contribution < -0.4 is 10.9 Å². The molecule has 0 amide bonds. The molecule has 0 unspecified atom stereocenters. The zero-order chi connectivity index (χ0) is 24.7. The van der Waals surface area contributed by atoms with Crippen molar-refractivity contribution in [2.45, 2.75) is 39.3 Å². The lowest BCUT2D eigenvalue weighted by atomic mass is 9.82. The highest BCUT2D eigenvalue weighted by atomic mass is 35.5. The number of aromatic amines is 1. The van der Waals surface area contributed by atoms with Gasteiger partial charge in [-0.15, -0.1) is 0 Å². The van der Waals surface area contributed by atoms with Gasteiger partial charge in [0.05, 0.1) is 18.6 Å². The molecule has 0 fully saturated rings. The largest absolute Gasteiger partial charge is 0.481 e. The third-order valence-electron chi connectivity index (χ3n) is 5.65. The molecule has 1 heterocycles. The number of rotatable bonds is 12. The number of ether oxygens (including phenoxy) is 1. The van der Waals surface area contributed by atoms with Gasteiger partial charge in [-0.25, -0.2) is 4.39 Å². The quantitative estimate of drug-likeness (QED) is 0.341. The van der Waals surface area contributed by atoms with Crippen LogP contribution in [0.25, 0.3) is 11.1 Å². The summed E-state index contributed by atoms with van der Waals surface area (Å²) in [5.41, 5.74) is 0.573. The monoisotopic (exact) mass is 490 g/mol. The molecule has 3 rings (SSSR count). The maximum atomic E-state index is 14.2. The highest BCUT2D eigenvalue weighted by Crippen LogP contribution is 2.29. The minimum absolute atomic E-state index is 0.0727. The minimum atomic E-state index is -1.11. The number of benzene rings is 2. The van der Waals surface area contributed by atoms with Crippen LogP contribution in [0, 0.1) is 11.2 Å². The van der Waals surface area contributed by atoms with E-state index in [0.29, 0.717) is 34.9 Å². The summed E-state index contributed by atoms with van der Waals surface area (Å²) in [7, 11) is 0. The molecule has 7 nitrogen and oxygen atoms in total. The number of aromatic nitrogens is 1. The molecule has 3 aromatic rings. The molecule has 182 valence electrons. The normalized spacial score (nSPS) is 14.0. The molecule has 2 atom stereocenters. The van der Waals surface area contributed by atoms with Crippen LogP contribution in [0.1, 0.15) is 31.6 Å². The van der Waals surface area contributed by atoms with Crippen LogP contribution in [0.4, 0.5) is 4.39 Å². The average Bonchev–Trinajstić information content (AvgIpc) is 3.23. The summed E-state index contributed by atoms with van der Waals surface area (Å²) in [5, 5.41) is 15.8. The van der Waals surface area contributed by atoms with Gasteiger partial charge in [0.15, 0.2) is 5.76 Å². The van der Waals surface area contributed by atoms with Gasteiger partial charge in [0.2, 0.25) is 0 Å². The van der Waals surface area contributed by atoms with Crippen molar-refractivity contribution in [3.05, 3.63) is 81.0 Å². The fraction of sp³-hybridized carbons (Fsp3) is 0.360. The molecule has 3 N–H and O–H groups in total. The van der Waals surface area contributed by atoms with Crippen molar-refractivity contribution in [2.24, 2.45) is 5.41 Å². The molecule has 0 saturated heterocycles. The van der Waals surface area contributed by atoms with Gasteiger partial charge in [-0.1, -0.05) is 35.9 Å². The zero-order valence-corrected chi connectivity index (χ0v) is 19.8. The van der Waals surface area contributed by atoms with Crippen molar-refractivity contribution in [3.8, 4) is 11.1 Å². The molecule has 9 heteroatoms. The minimum Gasteiger partial charge on any atom is -0.481 e. The molecule has 34 heavy (non-hydrogen) atoms. The molecule has 0 aliphatic heterocycles. The number of nitrogens with one attached hydrogen (secondary N) is 2. The van der Waals surface area contributed by atoms with Crippen molar-refractivity contribution >= 4 is 17.6 Å². The van der Waals surface area contributed by atoms with E-state index in [-0.39, 0.29) is 37.0 Å². The standard InChI is InChI=1S/C25H28ClFN2O5/c1-3-33-15-25(2,24(31)32)13-19(28-14-20-12-23(30)29-34-20)10-16-4-6-17(7-5-16)21-11-18(26)8-9-22(21)27/h4-9,11-12,19,28H,3,10,13-15H2,1-2H3,(H,29,30)(H,31,32)/t19-,25+/m1/s1. The van der Waals surface area contributed by atoms with Crippen LogP contribution in [0.5, 0.6) is 0 Å². The number of carbonyl (C=O) groups is 1. The molecule has 1 aromatic heterocycles. The topological polar surface area (TPSA) is 105 Å². The van der Waals surface area contributed by atoms with Gasteiger partial charge in [-0.2, -0.15) is 5.16 Å². The molecule has 0 radical (unpaired) electrons. The fourth-order valence-corrected chi connectivity index (χ4v) is 3.94. The summed E-state index contributed by atoms with van der Waals surface area (Å²) < 4.78 is 24.8. The Morgan fingerprint density at radius 3 is 2.62 bits per heavy atom. The van der Waals surface area contributed by atoms with E-state index in [1.807, 2.05) is 31.2 Å². The Kier molecular flexibility index (Phi) is 8.66. The number of hydrogen-bond acceptors (Lipinski definition) is 5. The lowest BCUT2D eigenvalue weighted by Gasteiger charge is -2.30. The van der Waals surface area contributed by atoms with Crippen LogP contribution in [-0.2, 0) is 22.5 Å². The first-order valence-electron chi connectivity index (χ1n) is 11.0. The molecule has 0 saturated carbocycles. The first-order chi connectivity index (χ1) is 16.2. The highest BCUT2D eigenvalue weighted by molar-refractivity contribution is 6.30. The van der Waals surface area contributed by atoms with Crippen LogP contribution in [0.15, 0.2) is 57.8 Å². The van der Waals surface area contributed by atoms with Crippen LogP contribution in [-0.4, -0.2) is 35.5 Å². The van der Waals surface area contributed by atoms with E-state index in [1.165, 1.54) is 18.2 Å². The van der Waals surface area contributed by atoms with E-state index in [0.717, 1.165) is 5.56 Å². The number of carboxylic acid groups (broad SMARTS) is 1. The van der Waals surface area contributed by atoms with Gasteiger partial charge < -0.3 is 19.7 Å². The van der Waals surface area contributed by atoms with Gasteiger partial charge in [-0.05, 0) is 56.0 Å². The van der Waals surface area contributed by atoms with Crippen molar-refractivity contribution in [1.29, 1.82) is 0 Å². The van der Waals surface area contributed by atoms with Crippen molar-refractivity contribution < 1.29 is 23.6 Å². The number of halogens is 2. The Morgan fingerprint density at radius 1 is 1.26 bits per heavy atom. The Balaban J connectivity index is 1.79. The van der Waals surface area contributed by atoms with Gasteiger partial charge in [0, 0.05) is 29.3 Å². The smallest absolute Gasteiger partial charge is 0.311 e. The third-order valence-corrected chi connectivity index (χ3v) is 5.89. The first kappa shape index (κ1) is 25.7. The summed E-state index contributed by atoms with van der Waals surface area (Å²) in [6.45, 7) is 4.21. The average molecular weight is 491 g/mol. The van der Waals surface area contributed by atoms with Gasteiger partial charge in [-0.3, -0.25) is 9.59 Å². The van der Waals surface area contributed by atoms with E-state index in [1.54, 1.807) is 13.0 Å². The summed E-state index contributed by atoms with van der Waals surface area (Å²) >= 11 is 6.01. The lowest BCUT2D eigenvalue weighted by molar-refractivity contribution is -0.152. The lowest BCUT2D eigenvalue weighted by Crippen LogP contribution is -2.42. The molecular formula is C25H28ClFN2O5. The maximum Gasteiger partial charge on any atom is 0.311 e. The predicted molar refractivity (Wildman–Crippen MR) is 127 cm³/mol. The number of H-pyrrole nitrogens is 1. The summed E-state index contributed by atoms with van der Waals surface area (Å²) in [4.78, 5) is 23.4. The summed E-state index contributed by atoms with van der Waals surface area (Å²) in [6, 6.07) is 12.8. The Morgan fingerprint density at radius 2 is 2.00 bits per heavy atom. The second kappa shape index (κ2) is 11.5. The van der Waals surface area contributed by atoms with Gasteiger partial charge in [0.1, 0.15) is 5.82 Å². The summed E-state index contributed by atoms with van der Waals surface area (Å²) in [6.07, 6.45) is 0.781. The highest BCUT2D eigenvalue weighted by Gasteiger charge is 2.36. The SMILES string of the molecule is CCOC[C@](C)(C[C@@H](Cc1ccc(-c2cc(Cl)ccc2F)cc1)NCc1cc(=O)[nH]o1)C(=O)O. The van der Waals surface area contributed by atoms with Crippen LogP contribution in [0.3, 0.4) is 0 Å². The van der Waals surface area contributed by atoms with Crippen LogP contribution in [0.2, 0.25) is 5.02 Å². The number of hydrogen-bond donors (Lipinski definition) is 3. The third kappa shape index (κ3) is 6.79. The van der Waals surface area contributed by atoms with E-state index in [4.69, 9.17) is 20.9 Å². The predicted octanol–water partition coefficient (Wildman–Crippen LogP) is 4.65. The molecule has 0 spiro atoms. The van der Waals surface area contributed by atoms with Crippen LogP contribution >= 0.6 is 11.6 Å². The molecule has 0 aliphatic carbocycles. The Labute approximate surface area is 201 Å². The van der Waals surface area contributed by atoms with Crippen molar-refractivity contribution in [1.82, 2.24) is 10.5 Å². The molecule has 0 aliphatic rings. The maximum absolute atomic E-state index is 14.2. The van der Waals surface area contributed by atoms with Gasteiger partial charge >= 0.3 is 5.97 Å². The Hall–Kier alpha value is -2.94. The fourth-order valence-electron chi connectivity index (χ4n) is 3.77. The van der Waals surface area contributed by atoms with E-state index < -0.39 is 11.4 Å². The first-order valence-corrected chi connectivity index (χ1v) is 11.3. The van der Waals surface area contributed by atoms with Crippen molar-refractivity contribution in [2.75, 3.05) is 13.2 Å². The number of carboxylic acids is 1. The second-order valence-corrected chi connectivity index (χ2v) is 8.93. The number of aliphatic carboxylic acids is 1. The molecule has 2 aromatic carbocycles.